The number of hydrogen-bond acceptors (Lipinski definition) is 4. The Hall–Kier alpha value is -0.890. The third-order valence-electron chi connectivity index (χ3n) is 2.21. The van der Waals surface area contributed by atoms with Gasteiger partial charge < -0.3 is 9.30 Å². The van der Waals surface area contributed by atoms with E-state index < -0.39 is 19.7 Å². The zero-order chi connectivity index (χ0) is 13.3. The Labute approximate surface area is 103 Å². The summed E-state index contributed by atoms with van der Waals surface area (Å²) in [4.78, 5) is 22.2. The molecule has 0 aliphatic heterocycles. The standard InChI is InChI=1S/C12H21O4P/c1-4-5-6-7-8-17(15)9-11(13)16-12(14)10(2)3/h17H,2,4-9H2,1,3H3. The summed E-state index contributed by atoms with van der Waals surface area (Å²) >= 11 is 0. The van der Waals surface area contributed by atoms with E-state index in [0.717, 1.165) is 25.7 Å². The zero-order valence-electron chi connectivity index (χ0n) is 10.6. The zero-order valence-corrected chi connectivity index (χ0v) is 11.6. The van der Waals surface area contributed by atoms with Gasteiger partial charge in [0, 0.05) is 5.57 Å². The van der Waals surface area contributed by atoms with Gasteiger partial charge in [0.15, 0.2) is 0 Å². The number of carbonyl (C=O) groups excluding carboxylic acids is 2. The van der Waals surface area contributed by atoms with Gasteiger partial charge in [-0.25, -0.2) is 4.79 Å². The SMILES string of the molecule is C=C(C)C(=O)OC(=O)C[PH](=O)CCCCCC. The maximum absolute atomic E-state index is 11.5. The molecule has 0 radical (unpaired) electrons. The van der Waals surface area contributed by atoms with E-state index >= 15 is 0 Å². The summed E-state index contributed by atoms with van der Waals surface area (Å²) in [6.45, 7) is 6.92. The van der Waals surface area contributed by atoms with Gasteiger partial charge in [0.1, 0.15) is 0 Å². The van der Waals surface area contributed by atoms with Gasteiger partial charge in [-0.05, 0) is 19.5 Å². The maximum atomic E-state index is 11.5. The second-order valence-corrected chi connectivity index (χ2v) is 6.00. The lowest BCUT2D eigenvalue weighted by atomic mass is 10.2. The number of unbranched alkanes of at least 4 members (excludes halogenated alkanes) is 3. The molecule has 0 saturated carbocycles. The van der Waals surface area contributed by atoms with Crippen LogP contribution < -0.4 is 0 Å². The van der Waals surface area contributed by atoms with E-state index in [9.17, 15) is 14.2 Å². The molecule has 0 N–H and O–H groups in total. The van der Waals surface area contributed by atoms with Gasteiger partial charge in [0.25, 0.3) is 0 Å². The smallest absolute Gasteiger partial charge is 0.340 e. The Kier molecular flexibility index (Phi) is 8.69. The van der Waals surface area contributed by atoms with Crippen molar-refractivity contribution in [1.82, 2.24) is 0 Å². The van der Waals surface area contributed by atoms with Crippen molar-refractivity contribution >= 4 is 19.7 Å². The fraction of sp³-hybridized carbons (Fsp3) is 0.667. The topological polar surface area (TPSA) is 60.4 Å². The first-order valence-corrected chi connectivity index (χ1v) is 7.71. The molecule has 0 saturated heterocycles. The maximum Gasteiger partial charge on any atom is 0.340 e. The highest BCUT2D eigenvalue weighted by Crippen LogP contribution is 2.22. The molecule has 0 fully saturated rings. The summed E-state index contributed by atoms with van der Waals surface area (Å²) in [7, 11) is -1.95. The van der Waals surface area contributed by atoms with Gasteiger partial charge in [-0.2, -0.15) is 0 Å². The minimum atomic E-state index is -1.95. The number of carbonyl (C=O) groups is 2. The van der Waals surface area contributed by atoms with Gasteiger partial charge in [-0.3, -0.25) is 4.79 Å². The molecule has 0 amide bonds. The van der Waals surface area contributed by atoms with E-state index in [1.165, 1.54) is 6.92 Å². The van der Waals surface area contributed by atoms with Crippen LogP contribution in [-0.4, -0.2) is 24.3 Å². The summed E-state index contributed by atoms with van der Waals surface area (Å²) in [5, 5.41) is 0. The van der Waals surface area contributed by atoms with Gasteiger partial charge in [0.05, 0.1) is 14.0 Å². The highest BCUT2D eigenvalue weighted by Gasteiger charge is 2.13. The van der Waals surface area contributed by atoms with Crippen molar-refractivity contribution in [2.45, 2.75) is 39.5 Å². The molecular weight excluding hydrogens is 239 g/mol. The van der Waals surface area contributed by atoms with Crippen LogP contribution in [0.3, 0.4) is 0 Å². The molecule has 98 valence electrons. The average molecular weight is 260 g/mol. The van der Waals surface area contributed by atoms with Crippen molar-refractivity contribution in [2.24, 2.45) is 0 Å². The molecule has 0 aromatic heterocycles. The van der Waals surface area contributed by atoms with Crippen LogP contribution in [0.2, 0.25) is 0 Å². The monoisotopic (exact) mass is 260 g/mol. The molecule has 0 aliphatic carbocycles. The molecule has 0 aliphatic rings. The van der Waals surface area contributed by atoms with Crippen molar-refractivity contribution < 1.29 is 18.9 Å². The summed E-state index contributed by atoms with van der Waals surface area (Å²) in [6, 6.07) is 0. The van der Waals surface area contributed by atoms with E-state index in [1.807, 2.05) is 0 Å². The Morgan fingerprint density at radius 1 is 1.24 bits per heavy atom. The fourth-order valence-corrected chi connectivity index (χ4v) is 2.44. The minimum absolute atomic E-state index is 0.143. The van der Waals surface area contributed by atoms with Crippen LogP contribution in [0.15, 0.2) is 12.2 Å². The molecule has 1 atom stereocenters. The van der Waals surface area contributed by atoms with Crippen LogP contribution in [0.4, 0.5) is 0 Å². The quantitative estimate of drug-likeness (QED) is 0.221. The molecule has 0 heterocycles. The lowest BCUT2D eigenvalue weighted by Crippen LogP contribution is -2.14. The summed E-state index contributed by atoms with van der Waals surface area (Å²) < 4.78 is 16.0. The Bertz CT molecular complexity index is 310. The predicted molar refractivity (Wildman–Crippen MR) is 68.8 cm³/mol. The first-order valence-electron chi connectivity index (χ1n) is 5.89. The minimum Gasteiger partial charge on any atom is -0.389 e. The van der Waals surface area contributed by atoms with Crippen molar-refractivity contribution in [3.05, 3.63) is 12.2 Å². The second-order valence-electron chi connectivity index (χ2n) is 4.07. The van der Waals surface area contributed by atoms with Crippen LogP contribution >= 0.6 is 7.80 Å². The van der Waals surface area contributed by atoms with E-state index in [-0.39, 0.29) is 11.7 Å². The molecule has 0 aromatic rings. The van der Waals surface area contributed by atoms with E-state index in [1.54, 1.807) is 0 Å². The number of esters is 2. The largest absolute Gasteiger partial charge is 0.389 e. The average Bonchev–Trinajstić information content (AvgIpc) is 2.24. The Morgan fingerprint density at radius 2 is 1.88 bits per heavy atom. The lowest BCUT2D eigenvalue weighted by molar-refractivity contribution is -0.154. The summed E-state index contributed by atoms with van der Waals surface area (Å²) in [5.74, 6) is -1.45. The highest BCUT2D eigenvalue weighted by molar-refractivity contribution is 7.45. The molecular formula is C12H21O4P. The number of ether oxygens (including phenoxy) is 1. The third kappa shape index (κ3) is 8.87. The summed E-state index contributed by atoms with van der Waals surface area (Å²) in [6.07, 6.45) is 4.56. The van der Waals surface area contributed by atoms with Gasteiger partial charge in [-0.15, -0.1) is 0 Å². The normalized spacial score (nSPS) is 11.9. The Balaban J connectivity index is 3.77. The van der Waals surface area contributed by atoms with Crippen LogP contribution in [0.25, 0.3) is 0 Å². The first kappa shape index (κ1) is 16.1. The highest BCUT2D eigenvalue weighted by atomic mass is 31.1. The molecule has 17 heavy (non-hydrogen) atoms. The third-order valence-corrected chi connectivity index (χ3v) is 3.80. The summed E-state index contributed by atoms with van der Waals surface area (Å²) in [5.41, 5.74) is 0.168. The van der Waals surface area contributed by atoms with Crippen LogP contribution in [0, 0.1) is 0 Å². The predicted octanol–water partition coefficient (Wildman–Crippen LogP) is 2.77. The first-order chi connectivity index (χ1) is 7.97. The molecule has 0 aromatic carbocycles. The van der Waals surface area contributed by atoms with E-state index in [4.69, 9.17) is 0 Å². The van der Waals surface area contributed by atoms with Gasteiger partial charge in [0.2, 0.25) is 0 Å². The second kappa shape index (κ2) is 9.17. The molecule has 1 unspecified atom stereocenters. The van der Waals surface area contributed by atoms with Crippen LogP contribution in [-0.2, 0) is 18.9 Å². The van der Waals surface area contributed by atoms with Gasteiger partial charge in [-0.1, -0.05) is 32.8 Å². The Morgan fingerprint density at radius 3 is 2.41 bits per heavy atom. The van der Waals surface area contributed by atoms with Crippen molar-refractivity contribution in [1.29, 1.82) is 0 Å². The molecule has 0 spiro atoms. The van der Waals surface area contributed by atoms with Crippen molar-refractivity contribution in [3.8, 4) is 0 Å². The molecule has 4 nitrogen and oxygen atoms in total. The van der Waals surface area contributed by atoms with Gasteiger partial charge >= 0.3 is 11.9 Å². The molecule has 0 bridgehead atoms. The lowest BCUT2D eigenvalue weighted by Gasteiger charge is -2.03. The van der Waals surface area contributed by atoms with E-state index in [2.05, 4.69) is 18.2 Å². The van der Waals surface area contributed by atoms with Crippen LogP contribution in [0.1, 0.15) is 39.5 Å². The van der Waals surface area contributed by atoms with Crippen molar-refractivity contribution in [3.63, 3.8) is 0 Å². The van der Waals surface area contributed by atoms with E-state index in [0.29, 0.717) is 6.16 Å². The number of rotatable bonds is 8. The number of hydrogen-bond donors (Lipinski definition) is 0. The molecule has 5 heteroatoms. The van der Waals surface area contributed by atoms with Crippen molar-refractivity contribution in [2.75, 3.05) is 12.3 Å². The molecule has 0 rings (SSSR count). The van der Waals surface area contributed by atoms with Crippen LogP contribution in [0.5, 0.6) is 0 Å². The fourth-order valence-electron chi connectivity index (χ4n) is 1.22.